The number of imidazole rings is 1. The number of hydrogen-bond acceptors (Lipinski definition) is 3. The second-order valence-electron chi connectivity index (χ2n) is 3.47. The summed E-state index contributed by atoms with van der Waals surface area (Å²) in [6.07, 6.45) is 0. The molecule has 0 saturated heterocycles. The van der Waals surface area contributed by atoms with Crippen molar-refractivity contribution in [2.75, 3.05) is 0 Å². The Kier molecular flexibility index (Phi) is 2.33. The molecule has 0 unspecified atom stereocenters. The molecule has 0 aliphatic heterocycles. The molecule has 0 spiro atoms. The van der Waals surface area contributed by atoms with E-state index in [-0.39, 0.29) is 11.2 Å². The van der Waals surface area contributed by atoms with Gasteiger partial charge in [-0.05, 0) is 0 Å². The first kappa shape index (κ1) is 10.6. The van der Waals surface area contributed by atoms with E-state index in [0.717, 1.165) is 7.90 Å². The zero-order chi connectivity index (χ0) is 11.3. The Bertz CT molecular complexity index is 664. The Balaban J connectivity index is 3.23. The van der Waals surface area contributed by atoms with Crippen molar-refractivity contribution in [3.05, 3.63) is 20.8 Å². The van der Waals surface area contributed by atoms with Crippen LogP contribution in [0.25, 0.3) is 11.2 Å². The van der Waals surface area contributed by atoms with Gasteiger partial charge in [0, 0.05) is 0 Å². The van der Waals surface area contributed by atoms with Gasteiger partial charge in [0.05, 0.1) is 0 Å². The fourth-order valence-electron chi connectivity index (χ4n) is 1.56. The standard InChI is InChI=1S/C8H9N4O2.Hg/c1-10-4-9-6-5(10)7(13)12(3)8(14)11(6)2;/h1-3H3;. The molecule has 0 amide bonds. The molecule has 6 nitrogen and oxygen atoms in total. The molecule has 2 heterocycles. The minimum atomic E-state index is -0.334. The van der Waals surface area contributed by atoms with Crippen molar-refractivity contribution in [1.82, 2.24) is 18.7 Å². The molecule has 0 bridgehead atoms. The van der Waals surface area contributed by atoms with Crippen LogP contribution in [-0.2, 0) is 47.3 Å². The van der Waals surface area contributed by atoms with Gasteiger partial charge in [0.15, 0.2) is 0 Å². The molecule has 15 heavy (non-hydrogen) atoms. The molecular formula is C8H9HgN4O2. The van der Waals surface area contributed by atoms with E-state index in [9.17, 15) is 9.59 Å². The van der Waals surface area contributed by atoms with E-state index in [0.29, 0.717) is 37.3 Å². The number of aryl methyl sites for hydroxylation is 2. The number of hydrogen-bond donors (Lipinski definition) is 0. The monoisotopic (exact) mass is 395 g/mol. The van der Waals surface area contributed by atoms with E-state index in [2.05, 4.69) is 4.98 Å². The van der Waals surface area contributed by atoms with Crippen LogP contribution in [0.15, 0.2) is 9.59 Å². The van der Waals surface area contributed by atoms with Gasteiger partial charge in [0.1, 0.15) is 0 Å². The normalized spacial score (nSPS) is 11.3. The molecular weight excluding hydrogens is 385 g/mol. The summed E-state index contributed by atoms with van der Waals surface area (Å²) in [6, 6.07) is 0. The van der Waals surface area contributed by atoms with E-state index >= 15 is 0 Å². The van der Waals surface area contributed by atoms with Gasteiger partial charge in [-0.2, -0.15) is 0 Å². The summed E-state index contributed by atoms with van der Waals surface area (Å²) in [5.74, 6) is 0. The second-order valence-corrected chi connectivity index (χ2v) is 5.92. The van der Waals surface area contributed by atoms with E-state index in [1.807, 2.05) is 7.05 Å². The SMILES string of the molecule is Cn1c(=O)c2c(n[c]([Hg])n2C)n(C)c1=O. The molecule has 0 saturated carbocycles. The molecule has 0 aliphatic rings. The van der Waals surface area contributed by atoms with Gasteiger partial charge in [0.25, 0.3) is 0 Å². The molecule has 7 heteroatoms. The van der Waals surface area contributed by atoms with Gasteiger partial charge in [0.2, 0.25) is 0 Å². The summed E-state index contributed by atoms with van der Waals surface area (Å²) in [7, 11) is 4.92. The zero-order valence-electron chi connectivity index (χ0n) is 8.81. The number of fused-ring (bicyclic) bond motifs is 1. The molecule has 2 rings (SSSR count). The molecule has 2 aromatic rings. The summed E-state index contributed by atoms with van der Waals surface area (Å²) in [6.45, 7) is 0. The Morgan fingerprint density at radius 2 is 1.67 bits per heavy atom. The van der Waals surface area contributed by atoms with E-state index < -0.39 is 0 Å². The van der Waals surface area contributed by atoms with Crippen molar-refractivity contribution in [2.24, 2.45) is 21.1 Å². The first-order valence-electron chi connectivity index (χ1n) is 4.39. The first-order chi connectivity index (χ1) is 6.95. The quantitative estimate of drug-likeness (QED) is 0.493. The summed E-state index contributed by atoms with van der Waals surface area (Å²) < 4.78 is 5.20. The van der Waals surface area contributed by atoms with Crippen molar-refractivity contribution < 1.29 is 26.1 Å². The molecule has 0 fully saturated rings. The molecule has 0 aromatic carbocycles. The van der Waals surface area contributed by atoms with Gasteiger partial charge in [-0.25, -0.2) is 0 Å². The van der Waals surface area contributed by atoms with Crippen LogP contribution in [0.1, 0.15) is 0 Å². The third-order valence-corrected chi connectivity index (χ3v) is 5.03. The van der Waals surface area contributed by atoms with Gasteiger partial charge >= 0.3 is 101 Å². The Labute approximate surface area is 101 Å². The number of rotatable bonds is 0. The summed E-state index contributed by atoms with van der Waals surface area (Å²) in [5, 5.41) is 0. The fourth-order valence-corrected chi connectivity index (χ4v) is 2.76. The van der Waals surface area contributed by atoms with Crippen LogP contribution in [-0.4, -0.2) is 18.7 Å². The summed E-state index contributed by atoms with van der Waals surface area (Å²) in [4.78, 5) is 27.7. The third-order valence-electron chi connectivity index (χ3n) is 2.57. The maximum atomic E-state index is 11.8. The Morgan fingerprint density at radius 1 is 1.07 bits per heavy atom. The molecule has 0 N–H and O–H groups in total. The molecule has 75 valence electrons. The van der Waals surface area contributed by atoms with Crippen LogP contribution >= 0.6 is 0 Å². The van der Waals surface area contributed by atoms with Crippen molar-refractivity contribution in [2.45, 2.75) is 0 Å². The van der Waals surface area contributed by atoms with Crippen LogP contribution in [0.3, 0.4) is 0 Å². The van der Waals surface area contributed by atoms with E-state index in [4.69, 9.17) is 0 Å². The Hall–Kier alpha value is -0.915. The minimum absolute atomic E-state index is 0.278. The second kappa shape index (κ2) is 3.29. The average Bonchev–Trinajstić information content (AvgIpc) is 2.50. The summed E-state index contributed by atoms with van der Waals surface area (Å²) in [5.41, 5.74) is 0.374. The fraction of sp³-hybridized carbons (Fsp3) is 0.375. The zero-order valence-corrected chi connectivity index (χ0v) is 14.3. The van der Waals surface area contributed by atoms with Crippen molar-refractivity contribution >= 4 is 14.5 Å². The molecule has 0 aliphatic carbocycles. The first-order valence-corrected chi connectivity index (χ1v) is 7.14. The van der Waals surface area contributed by atoms with Crippen molar-refractivity contribution in [3.63, 3.8) is 0 Å². The third kappa shape index (κ3) is 1.31. The van der Waals surface area contributed by atoms with Crippen LogP contribution in [0.5, 0.6) is 0 Å². The van der Waals surface area contributed by atoms with Gasteiger partial charge in [-0.15, -0.1) is 0 Å². The number of aromatic nitrogens is 4. The van der Waals surface area contributed by atoms with Gasteiger partial charge in [-0.1, -0.05) is 0 Å². The maximum absolute atomic E-state index is 11.8. The molecule has 2 aromatic heterocycles. The van der Waals surface area contributed by atoms with Crippen LogP contribution in [0, 0.1) is 0 Å². The van der Waals surface area contributed by atoms with Crippen LogP contribution in [0.4, 0.5) is 0 Å². The average molecular weight is 394 g/mol. The van der Waals surface area contributed by atoms with Crippen molar-refractivity contribution in [1.29, 1.82) is 0 Å². The Morgan fingerprint density at radius 3 is 2.27 bits per heavy atom. The van der Waals surface area contributed by atoms with Crippen molar-refractivity contribution in [3.8, 4) is 0 Å². The van der Waals surface area contributed by atoms with Gasteiger partial charge < -0.3 is 0 Å². The topological polar surface area (TPSA) is 61.8 Å². The summed E-state index contributed by atoms with van der Waals surface area (Å²) >= 11 is 0.324. The van der Waals surface area contributed by atoms with E-state index in [1.54, 1.807) is 11.6 Å². The molecule has 0 radical (unpaired) electrons. The molecule has 0 atom stereocenters. The van der Waals surface area contributed by atoms with E-state index in [1.165, 1.54) is 11.6 Å². The predicted octanol–water partition coefficient (Wildman–Crippen LogP) is -1.86. The predicted molar refractivity (Wildman–Crippen MR) is 50.8 cm³/mol. The number of nitrogens with zero attached hydrogens (tertiary/aromatic N) is 4. The van der Waals surface area contributed by atoms with Crippen LogP contribution in [0.2, 0.25) is 0 Å². The van der Waals surface area contributed by atoms with Crippen LogP contribution < -0.4 is 14.6 Å². The van der Waals surface area contributed by atoms with Gasteiger partial charge in [-0.3, -0.25) is 0 Å².